The standard InChI is InChI=1S/C9H10FNO3/c1-14-7(9(12)13)5-6-3-2-4-11-8(6)10/h2-4,7H,5H2,1H3,(H,12,13). The Kier molecular flexibility index (Phi) is 3.53. The first-order valence-corrected chi connectivity index (χ1v) is 4.00. The van der Waals surface area contributed by atoms with E-state index in [0.717, 1.165) is 0 Å². The highest BCUT2D eigenvalue weighted by Gasteiger charge is 2.18. The van der Waals surface area contributed by atoms with Crippen LogP contribution in [0.1, 0.15) is 5.56 Å². The Morgan fingerprint density at radius 3 is 3.00 bits per heavy atom. The number of methoxy groups -OCH3 is 1. The highest BCUT2D eigenvalue weighted by Crippen LogP contribution is 2.08. The molecule has 5 heteroatoms. The number of carbonyl (C=O) groups is 1. The van der Waals surface area contributed by atoms with Crippen LogP contribution in [-0.2, 0) is 16.0 Å². The van der Waals surface area contributed by atoms with E-state index in [-0.39, 0.29) is 12.0 Å². The number of nitrogens with zero attached hydrogens (tertiary/aromatic N) is 1. The van der Waals surface area contributed by atoms with Crippen LogP contribution in [-0.4, -0.2) is 29.3 Å². The fourth-order valence-corrected chi connectivity index (χ4v) is 1.04. The van der Waals surface area contributed by atoms with Gasteiger partial charge in [0.25, 0.3) is 0 Å². The van der Waals surface area contributed by atoms with Crippen molar-refractivity contribution in [1.82, 2.24) is 4.98 Å². The topological polar surface area (TPSA) is 59.4 Å². The Morgan fingerprint density at radius 2 is 2.50 bits per heavy atom. The summed E-state index contributed by atoms with van der Waals surface area (Å²) < 4.78 is 17.7. The zero-order valence-corrected chi connectivity index (χ0v) is 7.61. The van der Waals surface area contributed by atoms with Crippen molar-refractivity contribution in [2.24, 2.45) is 0 Å². The Hall–Kier alpha value is -1.49. The summed E-state index contributed by atoms with van der Waals surface area (Å²) in [5.41, 5.74) is 0.238. The lowest BCUT2D eigenvalue weighted by atomic mass is 10.1. The van der Waals surface area contributed by atoms with Gasteiger partial charge in [-0.15, -0.1) is 0 Å². The third kappa shape index (κ3) is 2.50. The Balaban J connectivity index is 2.77. The zero-order valence-electron chi connectivity index (χ0n) is 7.61. The molecule has 0 aliphatic heterocycles. The van der Waals surface area contributed by atoms with Gasteiger partial charge in [0.15, 0.2) is 6.10 Å². The summed E-state index contributed by atoms with van der Waals surface area (Å²) in [6, 6.07) is 3.03. The van der Waals surface area contributed by atoms with Crippen molar-refractivity contribution < 1.29 is 19.0 Å². The number of carboxylic acids is 1. The Bertz CT molecular complexity index is 330. The van der Waals surface area contributed by atoms with Gasteiger partial charge >= 0.3 is 5.97 Å². The van der Waals surface area contributed by atoms with Crippen LogP contribution in [0.15, 0.2) is 18.3 Å². The highest BCUT2D eigenvalue weighted by molar-refractivity contribution is 5.72. The summed E-state index contributed by atoms with van der Waals surface area (Å²) in [4.78, 5) is 14.0. The largest absolute Gasteiger partial charge is 0.479 e. The minimum absolute atomic E-state index is 0.0223. The van der Waals surface area contributed by atoms with Crippen LogP contribution in [0.3, 0.4) is 0 Å². The van der Waals surface area contributed by atoms with Gasteiger partial charge in [-0.2, -0.15) is 4.39 Å². The first-order valence-electron chi connectivity index (χ1n) is 4.00. The van der Waals surface area contributed by atoms with Crippen molar-refractivity contribution in [3.63, 3.8) is 0 Å². The average molecular weight is 199 g/mol. The molecule has 0 saturated carbocycles. The monoisotopic (exact) mass is 199 g/mol. The molecule has 0 amide bonds. The average Bonchev–Trinajstić information content (AvgIpc) is 2.16. The van der Waals surface area contributed by atoms with E-state index >= 15 is 0 Å². The molecule has 0 bridgehead atoms. The second-order valence-corrected chi connectivity index (χ2v) is 2.72. The molecule has 1 heterocycles. The van der Waals surface area contributed by atoms with Gasteiger partial charge in [0, 0.05) is 25.3 Å². The normalized spacial score (nSPS) is 12.4. The van der Waals surface area contributed by atoms with E-state index in [0.29, 0.717) is 0 Å². The molecule has 4 nitrogen and oxygen atoms in total. The van der Waals surface area contributed by atoms with Gasteiger partial charge in [0.05, 0.1) is 0 Å². The number of aromatic nitrogens is 1. The number of rotatable bonds is 4. The van der Waals surface area contributed by atoms with Gasteiger partial charge in [-0.25, -0.2) is 9.78 Å². The zero-order chi connectivity index (χ0) is 10.6. The van der Waals surface area contributed by atoms with E-state index in [9.17, 15) is 9.18 Å². The molecule has 76 valence electrons. The van der Waals surface area contributed by atoms with Crippen LogP contribution in [0.25, 0.3) is 0 Å². The summed E-state index contributed by atoms with van der Waals surface area (Å²) in [6.07, 6.45) is 0.251. The van der Waals surface area contributed by atoms with Crippen LogP contribution in [0.5, 0.6) is 0 Å². The van der Waals surface area contributed by atoms with Crippen molar-refractivity contribution in [3.05, 3.63) is 29.8 Å². The van der Waals surface area contributed by atoms with Gasteiger partial charge in [0.2, 0.25) is 5.95 Å². The van der Waals surface area contributed by atoms with Gasteiger partial charge in [-0.3, -0.25) is 0 Å². The summed E-state index contributed by atoms with van der Waals surface area (Å²) >= 11 is 0. The predicted octanol–water partition coefficient (Wildman–Crippen LogP) is 0.863. The molecule has 14 heavy (non-hydrogen) atoms. The van der Waals surface area contributed by atoms with E-state index in [2.05, 4.69) is 9.72 Å². The van der Waals surface area contributed by atoms with Crippen LogP contribution in [0.4, 0.5) is 4.39 Å². The molecule has 0 spiro atoms. The number of ether oxygens (including phenoxy) is 1. The predicted molar refractivity (Wildman–Crippen MR) is 46.3 cm³/mol. The van der Waals surface area contributed by atoms with E-state index in [1.165, 1.54) is 19.4 Å². The fraction of sp³-hybridized carbons (Fsp3) is 0.333. The molecule has 1 unspecified atom stereocenters. The summed E-state index contributed by atoms with van der Waals surface area (Å²) in [5, 5.41) is 8.66. The first kappa shape index (κ1) is 10.6. The van der Waals surface area contributed by atoms with E-state index in [4.69, 9.17) is 5.11 Å². The summed E-state index contributed by atoms with van der Waals surface area (Å²) in [7, 11) is 1.27. The lowest BCUT2D eigenvalue weighted by Gasteiger charge is -2.09. The molecule has 0 aliphatic rings. The van der Waals surface area contributed by atoms with Crippen LogP contribution >= 0.6 is 0 Å². The number of carboxylic acid groups (broad SMARTS) is 1. The van der Waals surface area contributed by atoms with Gasteiger partial charge in [-0.05, 0) is 6.07 Å². The van der Waals surface area contributed by atoms with Crippen LogP contribution < -0.4 is 0 Å². The Labute approximate surface area is 80.3 Å². The van der Waals surface area contributed by atoms with Crippen LogP contribution in [0.2, 0.25) is 0 Å². The number of aliphatic carboxylic acids is 1. The maximum Gasteiger partial charge on any atom is 0.333 e. The van der Waals surface area contributed by atoms with Crippen molar-refractivity contribution in [3.8, 4) is 0 Å². The molecule has 1 aromatic rings. The number of hydrogen-bond acceptors (Lipinski definition) is 3. The van der Waals surface area contributed by atoms with E-state index in [1.807, 2.05) is 0 Å². The van der Waals surface area contributed by atoms with Crippen molar-refractivity contribution >= 4 is 5.97 Å². The minimum atomic E-state index is -1.12. The maximum absolute atomic E-state index is 13.0. The quantitative estimate of drug-likeness (QED) is 0.731. The summed E-state index contributed by atoms with van der Waals surface area (Å²) in [5.74, 6) is -1.77. The Morgan fingerprint density at radius 1 is 1.79 bits per heavy atom. The second-order valence-electron chi connectivity index (χ2n) is 2.72. The third-order valence-corrected chi connectivity index (χ3v) is 1.80. The molecule has 0 aromatic carbocycles. The number of hydrogen-bond donors (Lipinski definition) is 1. The van der Waals surface area contributed by atoms with Crippen molar-refractivity contribution in [2.75, 3.05) is 7.11 Å². The molecule has 1 aromatic heterocycles. The number of pyridine rings is 1. The van der Waals surface area contributed by atoms with Gasteiger partial charge in [-0.1, -0.05) is 6.07 Å². The van der Waals surface area contributed by atoms with Crippen molar-refractivity contribution in [2.45, 2.75) is 12.5 Å². The molecule has 1 rings (SSSR count). The highest BCUT2D eigenvalue weighted by atomic mass is 19.1. The van der Waals surface area contributed by atoms with Crippen LogP contribution in [0, 0.1) is 5.95 Å². The summed E-state index contributed by atoms with van der Waals surface area (Å²) in [6.45, 7) is 0. The second kappa shape index (κ2) is 4.66. The molecule has 1 N–H and O–H groups in total. The minimum Gasteiger partial charge on any atom is -0.479 e. The molecular formula is C9H10FNO3. The molecule has 0 radical (unpaired) electrons. The molecular weight excluding hydrogens is 189 g/mol. The lowest BCUT2D eigenvalue weighted by molar-refractivity contribution is -0.148. The molecule has 0 aliphatic carbocycles. The maximum atomic E-state index is 13.0. The molecule has 0 saturated heterocycles. The number of halogens is 1. The SMILES string of the molecule is COC(Cc1cccnc1F)C(=O)O. The molecule has 1 atom stereocenters. The third-order valence-electron chi connectivity index (χ3n) is 1.80. The van der Waals surface area contributed by atoms with Crippen molar-refractivity contribution in [1.29, 1.82) is 0 Å². The van der Waals surface area contributed by atoms with E-state index in [1.54, 1.807) is 6.07 Å². The molecule has 0 fully saturated rings. The first-order chi connectivity index (χ1) is 6.65. The smallest absolute Gasteiger partial charge is 0.333 e. The lowest BCUT2D eigenvalue weighted by Crippen LogP contribution is -2.25. The van der Waals surface area contributed by atoms with Gasteiger partial charge < -0.3 is 9.84 Å². The van der Waals surface area contributed by atoms with Gasteiger partial charge in [0.1, 0.15) is 0 Å². The fourth-order valence-electron chi connectivity index (χ4n) is 1.04. The van der Waals surface area contributed by atoms with E-state index < -0.39 is 18.0 Å².